The zero-order chi connectivity index (χ0) is 15.7. The van der Waals surface area contributed by atoms with Crippen LogP contribution in [0.25, 0.3) is 0 Å². The lowest BCUT2D eigenvalue weighted by molar-refractivity contribution is -0.0236. The zero-order valence-corrected chi connectivity index (χ0v) is 13.8. The van der Waals surface area contributed by atoms with E-state index in [2.05, 4.69) is 15.6 Å². The smallest absolute Gasteiger partial charge is 0.191 e. The molecule has 1 saturated carbocycles. The van der Waals surface area contributed by atoms with E-state index in [4.69, 9.17) is 9.47 Å². The maximum atomic E-state index is 10.1. The van der Waals surface area contributed by atoms with Crippen LogP contribution < -0.4 is 10.6 Å². The van der Waals surface area contributed by atoms with Crippen molar-refractivity contribution in [3.8, 4) is 0 Å². The molecule has 1 saturated heterocycles. The molecule has 0 aromatic rings. The Balaban J connectivity index is 1.54. The number of hydrogen-bond acceptors (Lipinski definition) is 4. The fourth-order valence-electron chi connectivity index (χ4n) is 2.66. The number of nitrogens with zero attached hydrogens (tertiary/aromatic N) is 1. The van der Waals surface area contributed by atoms with E-state index < -0.39 is 5.60 Å². The molecule has 3 N–H and O–H groups in total. The quantitative estimate of drug-likeness (QED) is 0.335. The van der Waals surface area contributed by atoms with E-state index in [1.54, 1.807) is 0 Å². The molecule has 1 aliphatic heterocycles. The fraction of sp³-hybridized carbons (Fsp3) is 0.938. The van der Waals surface area contributed by atoms with E-state index >= 15 is 0 Å². The van der Waals surface area contributed by atoms with E-state index in [0.29, 0.717) is 12.5 Å². The Kier molecular flexibility index (Phi) is 7.42. The van der Waals surface area contributed by atoms with Gasteiger partial charge in [0.25, 0.3) is 0 Å². The number of guanidine groups is 1. The van der Waals surface area contributed by atoms with Crippen molar-refractivity contribution < 1.29 is 14.6 Å². The van der Waals surface area contributed by atoms with Gasteiger partial charge in [0, 0.05) is 32.2 Å². The van der Waals surface area contributed by atoms with E-state index in [1.165, 1.54) is 0 Å². The van der Waals surface area contributed by atoms with Crippen LogP contribution in [-0.2, 0) is 9.47 Å². The van der Waals surface area contributed by atoms with Crippen LogP contribution in [0.5, 0.6) is 0 Å². The Morgan fingerprint density at radius 2 is 2.27 bits per heavy atom. The molecule has 0 bridgehead atoms. The molecule has 2 rings (SSSR count). The van der Waals surface area contributed by atoms with Crippen molar-refractivity contribution in [2.75, 3.05) is 46.1 Å². The summed E-state index contributed by atoms with van der Waals surface area (Å²) in [4.78, 5) is 4.48. The lowest BCUT2D eigenvalue weighted by Crippen LogP contribution is -2.43. The highest BCUT2D eigenvalue weighted by Gasteiger charge is 2.34. The molecule has 1 heterocycles. The molecule has 128 valence electrons. The van der Waals surface area contributed by atoms with E-state index in [-0.39, 0.29) is 0 Å². The van der Waals surface area contributed by atoms with Gasteiger partial charge in [0.1, 0.15) is 0 Å². The van der Waals surface area contributed by atoms with Crippen LogP contribution in [-0.4, -0.2) is 62.7 Å². The third-order valence-corrected chi connectivity index (χ3v) is 4.30. The Bertz CT molecular complexity index is 340. The van der Waals surface area contributed by atoms with Crippen LogP contribution in [0.15, 0.2) is 4.99 Å². The third kappa shape index (κ3) is 6.10. The lowest BCUT2D eigenvalue weighted by atomic mass is 9.80. The molecule has 0 spiro atoms. The Morgan fingerprint density at radius 1 is 1.41 bits per heavy atom. The fourth-order valence-corrected chi connectivity index (χ4v) is 2.66. The lowest BCUT2D eigenvalue weighted by Gasteiger charge is -2.35. The number of rotatable bonds is 9. The van der Waals surface area contributed by atoms with Crippen molar-refractivity contribution in [3.05, 3.63) is 0 Å². The SMILES string of the molecule is CCNC(=NCC1(O)CCC1)NCCCOCC1CCOC1. The maximum Gasteiger partial charge on any atom is 0.191 e. The first-order chi connectivity index (χ1) is 10.7. The van der Waals surface area contributed by atoms with Gasteiger partial charge >= 0.3 is 0 Å². The molecule has 1 unspecified atom stereocenters. The van der Waals surface area contributed by atoms with Crippen molar-refractivity contribution in [3.63, 3.8) is 0 Å². The summed E-state index contributed by atoms with van der Waals surface area (Å²) in [6.45, 7) is 7.47. The summed E-state index contributed by atoms with van der Waals surface area (Å²) in [5, 5.41) is 16.6. The van der Waals surface area contributed by atoms with Crippen molar-refractivity contribution in [2.24, 2.45) is 10.9 Å². The summed E-state index contributed by atoms with van der Waals surface area (Å²) in [6.07, 6.45) is 4.92. The standard InChI is InChI=1S/C16H31N3O3/c1-2-17-15(19-13-16(20)6-3-7-16)18-8-4-9-21-11-14-5-10-22-12-14/h14,20H,2-13H2,1H3,(H2,17,18,19). The molecule has 6 heteroatoms. The number of aliphatic imine (C=N–C) groups is 1. The largest absolute Gasteiger partial charge is 0.388 e. The van der Waals surface area contributed by atoms with Crippen LogP contribution in [0.1, 0.15) is 39.0 Å². The highest BCUT2D eigenvalue weighted by atomic mass is 16.5. The van der Waals surface area contributed by atoms with E-state index in [9.17, 15) is 5.11 Å². The monoisotopic (exact) mass is 313 g/mol. The minimum Gasteiger partial charge on any atom is -0.388 e. The van der Waals surface area contributed by atoms with Crippen molar-refractivity contribution in [1.29, 1.82) is 0 Å². The van der Waals surface area contributed by atoms with Crippen LogP contribution >= 0.6 is 0 Å². The predicted octanol–water partition coefficient (Wildman–Crippen LogP) is 0.900. The molecule has 0 amide bonds. The summed E-state index contributed by atoms with van der Waals surface area (Å²) in [7, 11) is 0. The Hall–Kier alpha value is -0.850. The molecule has 1 atom stereocenters. The summed E-state index contributed by atoms with van der Waals surface area (Å²) >= 11 is 0. The van der Waals surface area contributed by atoms with Crippen molar-refractivity contribution in [2.45, 2.75) is 44.6 Å². The molecule has 0 aromatic carbocycles. The normalized spacial score (nSPS) is 24.1. The second-order valence-electron chi connectivity index (χ2n) is 6.36. The molecule has 0 radical (unpaired) electrons. The molecule has 22 heavy (non-hydrogen) atoms. The Morgan fingerprint density at radius 3 is 2.91 bits per heavy atom. The second kappa shape index (κ2) is 9.33. The van der Waals surface area contributed by atoms with Gasteiger partial charge in [-0.25, -0.2) is 0 Å². The van der Waals surface area contributed by atoms with E-state index in [0.717, 1.165) is 77.6 Å². The molecule has 1 aliphatic carbocycles. The van der Waals surface area contributed by atoms with Gasteiger partial charge < -0.3 is 25.2 Å². The maximum absolute atomic E-state index is 10.1. The minimum absolute atomic E-state index is 0.487. The molecule has 0 aromatic heterocycles. The summed E-state index contributed by atoms with van der Waals surface area (Å²) < 4.78 is 11.0. The molecular weight excluding hydrogens is 282 g/mol. The van der Waals surface area contributed by atoms with Gasteiger partial charge in [0.2, 0.25) is 0 Å². The van der Waals surface area contributed by atoms with Gasteiger partial charge in [0.15, 0.2) is 5.96 Å². The molecule has 2 fully saturated rings. The summed E-state index contributed by atoms with van der Waals surface area (Å²) in [5.41, 5.74) is -0.561. The Labute approximate surface area is 133 Å². The summed E-state index contributed by atoms with van der Waals surface area (Å²) in [5.74, 6) is 1.36. The van der Waals surface area contributed by atoms with Crippen LogP contribution in [0.3, 0.4) is 0 Å². The topological polar surface area (TPSA) is 75.1 Å². The first-order valence-corrected chi connectivity index (χ1v) is 8.62. The van der Waals surface area contributed by atoms with Crippen LogP contribution in [0, 0.1) is 5.92 Å². The minimum atomic E-state index is -0.561. The second-order valence-corrected chi connectivity index (χ2v) is 6.36. The highest BCUT2D eigenvalue weighted by molar-refractivity contribution is 5.79. The average molecular weight is 313 g/mol. The molecular formula is C16H31N3O3. The van der Waals surface area contributed by atoms with Gasteiger partial charge in [-0.15, -0.1) is 0 Å². The first-order valence-electron chi connectivity index (χ1n) is 8.62. The molecule has 6 nitrogen and oxygen atoms in total. The molecule has 2 aliphatic rings. The number of nitrogens with one attached hydrogen (secondary N) is 2. The summed E-state index contributed by atoms with van der Waals surface area (Å²) in [6, 6.07) is 0. The number of aliphatic hydroxyl groups is 1. The van der Waals surface area contributed by atoms with Gasteiger partial charge in [-0.3, -0.25) is 4.99 Å². The van der Waals surface area contributed by atoms with Gasteiger partial charge in [-0.2, -0.15) is 0 Å². The van der Waals surface area contributed by atoms with E-state index in [1.807, 2.05) is 6.92 Å². The third-order valence-electron chi connectivity index (χ3n) is 4.30. The van der Waals surface area contributed by atoms with Crippen LogP contribution in [0.2, 0.25) is 0 Å². The number of hydrogen-bond donors (Lipinski definition) is 3. The first kappa shape index (κ1) is 17.5. The van der Waals surface area contributed by atoms with Crippen LogP contribution in [0.4, 0.5) is 0 Å². The van der Waals surface area contributed by atoms with Gasteiger partial charge in [-0.1, -0.05) is 0 Å². The van der Waals surface area contributed by atoms with Crippen molar-refractivity contribution in [1.82, 2.24) is 10.6 Å². The van der Waals surface area contributed by atoms with Gasteiger partial charge in [0.05, 0.1) is 25.4 Å². The number of ether oxygens (including phenoxy) is 2. The average Bonchev–Trinajstić information content (AvgIpc) is 2.99. The zero-order valence-electron chi connectivity index (χ0n) is 13.8. The highest BCUT2D eigenvalue weighted by Crippen LogP contribution is 2.31. The van der Waals surface area contributed by atoms with Gasteiger partial charge in [-0.05, 0) is 39.0 Å². The van der Waals surface area contributed by atoms with Crippen molar-refractivity contribution >= 4 is 5.96 Å². The predicted molar refractivity (Wildman–Crippen MR) is 87.1 cm³/mol.